The lowest BCUT2D eigenvalue weighted by Gasteiger charge is -2.43. The Morgan fingerprint density at radius 2 is 1.39 bits per heavy atom. The monoisotopic (exact) mass is 436 g/mol. The van der Waals surface area contributed by atoms with Gasteiger partial charge in [-0.1, -0.05) is 78.0 Å². The minimum atomic E-state index is -0.116. The average molecular weight is 437 g/mol. The Hall–Kier alpha value is -3.14. The van der Waals surface area contributed by atoms with E-state index in [1.807, 2.05) is 0 Å². The topological polar surface area (TPSA) is 32.3 Å². The number of aromatic nitrogens is 2. The van der Waals surface area contributed by atoms with Crippen LogP contribution in [0, 0.1) is 5.41 Å². The van der Waals surface area contributed by atoms with Gasteiger partial charge in [-0.2, -0.15) is 0 Å². The summed E-state index contributed by atoms with van der Waals surface area (Å²) in [6, 6.07) is 15.9. The number of benzene rings is 2. The molecule has 2 aromatic carbocycles. The van der Waals surface area contributed by atoms with Crippen LogP contribution in [0.25, 0.3) is 0 Å². The molecule has 3 atom stereocenters. The van der Waals surface area contributed by atoms with Crippen LogP contribution in [0.5, 0.6) is 0 Å². The summed E-state index contributed by atoms with van der Waals surface area (Å²) >= 11 is 0. The van der Waals surface area contributed by atoms with E-state index in [4.69, 9.17) is 9.97 Å². The van der Waals surface area contributed by atoms with E-state index >= 15 is 0 Å². The summed E-state index contributed by atoms with van der Waals surface area (Å²) in [6.45, 7) is 18.4. The first kappa shape index (κ1) is 20.5. The molecule has 0 radical (unpaired) electrons. The number of rotatable bonds is 3. The minimum absolute atomic E-state index is 0.0506. The van der Waals surface area contributed by atoms with E-state index in [0.717, 1.165) is 17.3 Å². The zero-order valence-corrected chi connectivity index (χ0v) is 20.4. The Bertz CT molecular complexity index is 1290. The van der Waals surface area contributed by atoms with Crippen LogP contribution in [-0.2, 0) is 5.41 Å². The summed E-state index contributed by atoms with van der Waals surface area (Å²) in [6.07, 6.45) is 3.66. The van der Waals surface area contributed by atoms with Crippen molar-refractivity contribution in [2.24, 2.45) is 5.41 Å². The van der Waals surface area contributed by atoms with Crippen LogP contribution in [0.2, 0.25) is 0 Å². The van der Waals surface area contributed by atoms with Crippen molar-refractivity contribution in [3.8, 4) is 0 Å². The van der Waals surface area contributed by atoms with Crippen LogP contribution in [0.1, 0.15) is 70.1 Å². The van der Waals surface area contributed by atoms with Crippen molar-refractivity contribution in [2.75, 3.05) is 9.80 Å². The third kappa shape index (κ3) is 2.36. The maximum atomic E-state index is 4.85. The van der Waals surface area contributed by atoms with Crippen LogP contribution >= 0.6 is 0 Å². The highest BCUT2D eigenvalue weighted by Gasteiger charge is 2.76. The van der Waals surface area contributed by atoms with Gasteiger partial charge in [0.05, 0.1) is 0 Å². The molecule has 6 rings (SSSR count). The van der Waals surface area contributed by atoms with Crippen molar-refractivity contribution >= 4 is 23.0 Å². The molecule has 4 heteroatoms. The van der Waals surface area contributed by atoms with Gasteiger partial charge in [0, 0.05) is 34.6 Å². The van der Waals surface area contributed by atoms with Gasteiger partial charge in [-0.05, 0) is 46.7 Å². The number of fused-ring (bicyclic) bond motifs is 8. The lowest BCUT2D eigenvalue weighted by Crippen LogP contribution is -2.50. The van der Waals surface area contributed by atoms with E-state index in [0.29, 0.717) is 11.8 Å². The fraction of sp³-hybridized carbons (Fsp3) is 0.379. The van der Waals surface area contributed by atoms with Gasteiger partial charge < -0.3 is 9.80 Å². The van der Waals surface area contributed by atoms with Gasteiger partial charge in [0.25, 0.3) is 0 Å². The second-order valence-electron chi connectivity index (χ2n) is 10.8. The molecule has 0 spiro atoms. The second kappa shape index (κ2) is 6.47. The molecule has 3 heterocycles. The molecular formula is C29H32N4. The van der Waals surface area contributed by atoms with E-state index in [9.17, 15) is 0 Å². The maximum Gasteiger partial charge on any atom is 0.178 e. The lowest BCUT2D eigenvalue weighted by atomic mass is 9.80. The first-order valence-corrected chi connectivity index (χ1v) is 12.0. The Kier molecular flexibility index (Phi) is 4.01. The maximum absolute atomic E-state index is 4.85. The van der Waals surface area contributed by atoms with Gasteiger partial charge in [-0.15, -0.1) is 0 Å². The molecule has 0 saturated heterocycles. The van der Waals surface area contributed by atoms with Crippen molar-refractivity contribution in [3.05, 3.63) is 83.7 Å². The molecule has 3 unspecified atom stereocenters. The first-order valence-electron chi connectivity index (χ1n) is 12.0. The van der Waals surface area contributed by atoms with E-state index in [-0.39, 0.29) is 17.0 Å². The summed E-state index contributed by atoms with van der Waals surface area (Å²) in [4.78, 5) is 14.5. The van der Waals surface area contributed by atoms with E-state index in [1.54, 1.807) is 12.4 Å². The van der Waals surface area contributed by atoms with Crippen molar-refractivity contribution in [2.45, 2.75) is 65.0 Å². The van der Waals surface area contributed by atoms with E-state index < -0.39 is 0 Å². The number of hydrogen-bond donors (Lipinski definition) is 0. The predicted octanol–water partition coefficient (Wildman–Crippen LogP) is 7.19. The standard InChI is InChI=1S/C29H32N4/c1-17(2)20-8-11-22(12-9-20)32-25-26(31-15-14-30-25)33-24-13-10-21(18(3)4)16-23(24)28(6)19(5)29(28,7)27(32)33/h8-18,27H,5H2,1-4,6-7H3. The molecule has 3 aromatic rings. The summed E-state index contributed by atoms with van der Waals surface area (Å²) in [5.74, 6) is 2.83. The Morgan fingerprint density at radius 1 is 0.818 bits per heavy atom. The van der Waals surface area contributed by atoms with Crippen LogP contribution in [0.15, 0.2) is 67.0 Å². The summed E-state index contributed by atoms with van der Waals surface area (Å²) < 4.78 is 0. The highest BCUT2D eigenvalue weighted by molar-refractivity contribution is 5.90. The molecule has 33 heavy (non-hydrogen) atoms. The molecule has 1 aliphatic carbocycles. The third-order valence-electron chi connectivity index (χ3n) is 8.65. The van der Waals surface area contributed by atoms with Gasteiger partial charge in [-0.25, -0.2) is 9.97 Å². The van der Waals surface area contributed by atoms with Crippen molar-refractivity contribution < 1.29 is 0 Å². The Balaban J connectivity index is 1.59. The molecule has 1 saturated carbocycles. The van der Waals surface area contributed by atoms with Crippen LogP contribution in [-0.4, -0.2) is 16.1 Å². The number of nitrogens with zero attached hydrogens (tertiary/aromatic N) is 4. The molecule has 2 aliphatic heterocycles. The number of hydrogen-bond acceptors (Lipinski definition) is 4. The fourth-order valence-electron chi connectivity index (χ4n) is 6.24. The molecule has 0 N–H and O–H groups in total. The van der Waals surface area contributed by atoms with Crippen LogP contribution in [0.3, 0.4) is 0 Å². The van der Waals surface area contributed by atoms with Gasteiger partial charge in [-0.3, -0.25) is 0 Å². The molecule has 168 valence electrons. The smallest absolute Gasteiger partial charge is 0.178 e. The SMILES string of the molecule is C=C1C2(C)c3cc(C(C)C)ccc3N3c4nccnc4N(c4ccc(C(C)C)cc4)C3C12C. The molecule has 0 amide bonds. The van der Waals surface area contributed by atoms with Gasteiger partial charge in [0.1, 0.15) is 6.17 Å². The first-order chi connectivity index (χ1) is 15.7. The minimum Gasteiger partial charge on any atom is -0.301 e. The van der Waals surface area contributed by atoms with E-state index in [2.05, 4.69) is 100 Å². The fourth-order valence-corrected chi connectivity index (χ4v) is 6.24. The zero-order valence-electron chi connectivity index (χ0n) is 20.4. The lowest BCUT2D eigenvalue weighted by molar-refractivity contribution is 0.376. The predicted molar refractivity (Wildman–Crippen MR) is 136 cm³/mol. The molecule has 1 aromatic heterocycles. The average Bonchev–Trinajstić information content (AvgIpc) is 3.11. The molecular weight excluding hydrogens is 404 g/mol. The molecule has 1 fully saturated rings. The summed E-state index contributed by atoms with van der Waals surface area (Å²) in [7, 11) is 0. The van der Waals surface area contributed by atoms with Crippen LogP contribution < -0.4 is 9.80 Å². The Morgan fingerprint density at radius 3 is 2.00 bits per heavy atom. The highest BCUT2D eigenvalue weighted by Crippen LogP contribution is 2.77. The van der Waals surface area contributed by atoms with Crippen molar-refractivity contribution in [1.29, 1.82) is 0 Å². The molecule has 0 bridgehead atoms. The van der Waals surface area contributed by atoms with Crippen molar-refractivity contribution in [3.63, 3.8) is 0 Å². The third-order valence-corrected chi connectivity index (χ3v) is 8.65. The van der Waals surface area contributed by atoms with Gasteiger partial charge in [0.2, 0.25) is 0 Å². The van der Waals surface area contributed by atoms with Crippen molar-refractivity contribution in [1.82, 2.24) is 9.97 Å². The van der Waals surface area contributed by atoms with Gasteiger partial charge >= 0.3 is 0 Å². The molecule has 3 aliphatic rings. The summed E-state index contributed by atoms with van der Waals surface area (Å²) in [5, 5.41) is 0. The number of anilines is 4. The normalized spacial score (nSPS) is 26.9. The second-order valence-corrected chi connectivity index (χ2v) is 10.8. The quantitative estimate of drug-likeness (QED) is 0.407. The Labute approximate surface area is 197 Å². The zero-order chi connectivity index (χ0) is 23.3. The summed E-state index contributed by atoms with van der Waals surface area (Å²) in [5.41, 5.74) is 7.56. The molecule has 4 nitrogen and oxygen atoms in total. The van der Waals surface area contributed by atoms with Crippen LogP contribution in [0.4, 0.5) is 23.0 Å². The highest BCUT2D eigenvalue weighted by atomic mass is 15.5. The van der Waals surface area contributed by atoms with Gasteiger partial charge in [0.15, 0.2) is 11.6 Å². The largest absolute Gasteiger partial charge is 0.301 e. The van der Waals surface area contributed by atoms with E-state index in [1.165, 1.54) is 28.0 Å².